The molecule has 0 unspecified atom stereocenters. The molecule has 2 rings (SSSR count). The Balaban J connectivity index is 0. The molecule has 26 heavy (non-hydrogen) atoms. The average molecular weight is 822 g/mol. The first-order valence-electron chi connectivity index (χ1n) is 6.27. The van der Waals surface area contributed by atoms with E-state index in [0.29, 0.717) is 0 Å². The van der Waals surface area contributed by atoms with E-state index in [1.807, 2.05) is 24.3 Å². The minimum Gasteiger partial charge on any atom is -0.870 e. The quantitative estimate of drug-likeness (QED) is 0.199. The van der Waals surface area contributed by atoms with Crippen LogP contribution in [-0.4, -0.2) is 17.5 Å². The molecule has 11 heteroatoms. The first kappa shape index (κ1) is 30.7. The Morgan fingerprint density at radius 3 is 1.96 bits per heavy atom. The van der Waals surface area contributed by atoms with Crippen LogP contribution < -0.4 is 74.7 Å². The molecule has 0 aromatic heterocycles. The van der Waals surface area contributed by atoms with E-state index in [9.17, 15) is 9.90 Å². The van der Waals surface area contributed by atoms with E-state index in [4.69, 9.17) is 10.5 Å². The van der Waals surface area contributed by atoms with Crippen molar-refractivity contribution in [1.82, 2.24) is 0 Å². The zero-order chi connectivity index (χ0) is 17.1. The molecule has 130 valence electrons. The topological polar surface area (TPSA) is 105 Å². The summed E-state index contributed by atoms with van der Waals surface area (Å²) >= 11 is 8.74. The molecule has 0 spiro atoms. The van der Waals surface area contributed by atoms with Crippen LogP contribution >= 0.6 is 90.4 Å². The fourth-order valence-electron chi connectivity index (χ4n) is 1.82. The van der Waals surface area contributed by atoms with Crippen LogP contribution in [-0.2, 0) is 11.2 Å². The average Bonchev–Trinajstić information content (AvgIpc) is 2.41. The fourth-order valence-corrected chi connectivity index (χ4v) is 5.65. The fraction of sp³-hybridized carbons (Fsp3) is 0.133. The molecule has 0 fully saturated rings. The van der Waals surface area contributed by atoms with Crippen LogP contribution in [0.15, 0.2) is 24.3 Å². The second-order valence-electron chi connectivity index (χ2n) is 4.63. The summed E-state index contributed by atoms with van der Waals surface area (Å²) in [6, 6.07) is 9.75. The maximum Gasteiger partial charge on any atom is 1.00 e. The maximum atomic E-state index is 10.8. The molecule has 3 N–H and O–H groups in total. The van der Waals surface area contributed by atoms with Gasteiger partial charge in [-0.05, 0) is 69.3 Å². The minimum absolute atomic E-state index is 0. The molecule has 0 saturated carbocycles. The summed E-state index contributed by atoms with van der Waals surface area (Å²) in [5.74, 6) is 0.238. The number of rotatable bonds is 5. The number of carboxylic acid groups (broad SMARTS) is 1. The molecule has 0 heterocycles. The Kier molecular flexibility index (Phi) is 17.2. The third-order valence-corrected chi connectivity index (χ3v) is 5.58. The van der Waals surface area contributed by atoms with Gasteiger partial charge >= 0.3 is 59.1 Å². The van der Waals surface area contributed by atoms with E-state index in [1.54, 1.807) is 0 Å². The van der Waals surface area contributed by atoms with Crippen LogP contribution in [0.3, 0.4) is 0 Å². The molecule has 0 bridgehead atoms. The van der Waals surface area contributed by atoms with Gasteiger partial charge in [-0.25, -0.2) is 0 Å². The van der Waals surface area contributed by atoms with Crippen molar-refractivity contribution in [3.8, 4) is 11.5 Å². The van der Waals surface area contributed by atoms with Crippen molar-refractivity contribution in [2.24, 2.45) is 5.73 Å². The number of carbonyl (C=O) groups excluding carboxylic acids is 1. The van der Waals surface area contributed by atoms with Gasteiger partial charge in [0.05, 0.1) is 13.1 Å². The van der Waals surface area contributed by atoms with Crippen molar-refractivity contribution in [2.45, 2.75) is 12.5 Å². The molecule has 0 aliphatic carbocycles. The number of hydrogen-bond donors (Lipinski definition) is 1. The van der Waals surface area contributed by atoms with E-state index in [2.05, 4.69) is 96.4 Å². The van der Waals surface area contributed by atoms with Crippen LogP contribution in [0.5, 0.6) is 11.5 Å². The van der Waals surface area contributed by atoms with Crippen LogP contribution in [0.1, 0.15) is 5.56 Å². The second kappa shape index (κ2) is 14.5. The Hall–Kier alpha value is 2.55. The summed E-state index contributed by atoms with van der Waals surface area (Å²) in [5.41, 5.74) is 6.38. The smallest absolute Gasteiger partial charge is 0.870 e. The van der Waals surface area contributed by atoms with Gasteiger partial charge in [-0.1, -0.05) is 52.3 Å². The van der Waals surface area contributed by atoms with Crippen molar-refractivity contribution in [3.63, 3.8) is 0 Å². The molecule has 2 aromatic rings. The van der Waals surface area contributed by atoms with Gasteiger partial charge in [-0.3, -0.25) is 0 Å². The predicted octanol–water partition coefficient (Wildman–Crippen LogP) is -2.85. The number of carbonyl (C=O) groups is 1. The molecular formula is C15H10I4NNa2O4-. The molecule has 0 radical (unpaired) electrons. The Morgan fingerprint density at radius 2 is 1.54 bits per heavy atom. The van der Waals surface area contributed by atoms with Crippen LogP contribution in [0.25, 0.3) is 0 Å². The maximum absolute atomic E-state index is 10.8. The van der Waals surface area contributed by atoms with Crippen molar-refractivity contribution in [1.29, 1.82) is 0 Å². The van der Waals surface area contributed by atoms with E-state index >= 15 is 0 Å². The van der Waals surface area contributed by atoms with Gasteiger partial charge in [0, 0.05) is 11.8 Å². The Morgan fingerprint density at radius 1 is 1.08 bits per heavy atom. The zero-order valence-electron chi connectivity index (χ0n) is 13.9. The first-order valence-corrected chi connectivity index (χ1v) is 10.6. The van der Waals surface area contributed by atoms with Crippen molar-refractivity contribution in [3.05, 3.63) is 50.2 Å². The third-order valence-electron chi connectivity index (χ3n) is 2.81. The van der Waals surface area contributed by atoms with Crippen molar-refractivity contribution < 1.29 is 79.2 Å². The van der Waals surface area contributed by atoms with Crippen LogP contribution in [0, 0.1) is 20.3 Å². The third kappa shape index (κ3) is 9.57. The van der Waals surface area contributed by atoms with Crippen molar-refractivity contribution >= 4 is 96.3 Å². The first-order chi connectivity index (χ1) is 10.8. The molecule has 2 aromatic carbocycles. The minimum atomic E-state index is -1.25. The number of ether oxygens (including phenoxy) is 1. The number of nitrogens with two attached hydrogens (primary N) is 1. The van der Waals surface area contributed by atoms with Crippen molar-refractivity contribution in [2.75, 3.05) is 0 Å². The number of benzene rings is 2. The second-order valence-corrected chi connectivity index (χ2v) is 9.28. The van der Waals surface area contributed by atoms with E-state index in [-0.39, 0.29) is 71.0 Å². The monoisotopic (exact) mass is 822 g/mol. The van der Waals surface area contributed by atoms with Gasteiger partial charge in [0.1, 0.15) is 0 Å². The van der Waals surface area contributed by atoms with E-state index in [0.717, 1.165) is 31.3 Å². The predicted molar refractivity (Wildman–Crippen MR) is 121 cm³/mol. The van der Waals surface area contributed by atoms with Crippen LogP contribution in [0.2, 0.25) is 0 Å². The SMILES string of the molecule is N[C@@H](Cc1cc(I)c(Oc2cc(I)[c-]c(I)c2)c(I)c1)C(=O)[O-].[Na+].[Na+].[OH-]. The summed E-state index contributed by atoms with van der Waals surface area (Å²) in [6.07, 6.45) is 0.227. The number of carboxylic acids is 1. The molecule has 5 nitrogen and oxygen atoms in total. The van der Waals surface area contributed by atoms with Gasteiger partial charge in [-0.2, -0.15) is 6.07 Å². The van der Waals surface area contributed by atoms with Gasteiger partial charge in [0.2, 0.25) is 0 Å². The zero-order valence-corrected chi connectivity index (χ0v) is 26.5. The molecule has 1 atom stereocenters. The standard InChI is InChI=1S/C15H10I4NO3.2Na.H2O/c16-8-4-9(17)6-10(5-8)23-14-11(18)1-7(2-12(14)19)3-13(20)15(21)22;;;/h1-2,5-6,13H,3,20H2,(H,21,22);;;1H2/q-1;2*+1;/p-2/t13-;;;/m0.../s1. The summed E-state index contributed by atoms with van der Waals surface area (Å²) < 4.78 is 9.75. The number of aliphatic carboxylic acids is 1. The number of halogens is 4. The summed E-state index contributed by atoms with van der Waals surface area (Å²) in [6.45, 7) is 0. The summed E-state index contributed by atoms with van der Waals surface area (Å²) in [5, 5.41) is 10.8. The Labute approximate surface area is 250 Å². The number of hydrogen-bond acceptors (Lipinski definition) is 5. The molecule has 0 aliphatic rings. The van der Waals surface area contributed by atoms with Gasteiger partial charge in [0.15, 0.2) is 5.75 Å². The van der Waals surface area contributed by atoms with Gasteiger partial charge < -0.3 is 25.8 Å². The summed E-state index contributed by atoms with van der Waals surface area (Å²) in [4.78, 5) is 10.8. The molecule has 0 aliphatic heterocycles. The van der Waals surface area contributed by atoms with E-state index < -0.39 is 12.0 Å². The van der Waals surface area contributed by atoms with E-state index in [1.165, 1.54) is 0 Å². The Bertz CT molecular complexity index is 721. The van der Waals surface area contributed by atoms with Gasteiger partial charge in [0.25, 0.3) is 0 Å². The molecular weight excluding hydrogens is 812 g/mol. The normalized spacial score (nSPS) is 10.7. The van der Waals surface area contributed by atoms with Gasteiger partial charge in [-0.15, -0.1) is 12.1 Å². The molecule has 0 amide bonds. The molecule has 0 saturated heterocycles. The van der Waals surface area contributed by atoms with Crippen LogP contribution in [0.4, 0.5) is 0 Å². The summed E-state index contributed by atoms with van der Waals surface area (Å²) in [7, 11) is 0. The largest absolute Gasteiger partial charge is 1.00 e.